The molecule has 2 N–H and O–H groups in total. The Hall–Kier alpha value is -2.50. The minimum Gasteiger partial charge on any atom is -0.497 e. The molecule has 152 valence electrons. The molecule has 1 atom stereocenters. The van der Waals surface area contributed by atoms with E-state index in [4.69, 9.17) is 4.74 Å². The maximum Gasteiger partial charge on any atom is 0.246 e. The van der Waals surface area contributed by atoms with E-state index in [0.29, 0.717) is 0 Å². The molecule has 2 aromatic rings. The van der Waals surface area contributed by atoms with E-state index in [0.717, 1.165) is 60.6 Å². The first-order valence-corrected chi connectivity index (χ1v) is 10.2. The number of benzene rings is 1. The number of carbonyl (C=O) groups is 1. The molecule has 1 aromatic heterocycles. The van der Waals surface area contributed by atoms with Gasteiger partial charge in [-0.3, -0.25) is 9.48 Å². The highest BCUT2D eigenvalue weighted by Gasteiger charge is 2.41. The van der Waals surface area contributed by atoms with Crippen LogP contribution in [0.25, 0.3) is 0 Å². The van der Waals surface area contributed by atoms with Gasteiger partial charge in [-0.05, 0) is 64.8 Å². The van der Waals surface area contributed by atoms with Crippen LogP contribution in [0.3, 0.4) is 0 Å². The monoisotopic (exact) mass is 384 g/mol. The SMILES string of the molecule is CCn1nc(C)c(C(C)NC(=O)C2(Nc3ccc(OC)cc3)CCCC2)c1C. The van der Waals surface area contributed by atoms with E-state index >= 15 is 0 Å². The summed E-state index contributed by atoms with van der Waals surface area (Å²) in [5.41, 5.74) is 3.60. The molecule has 0 radical (unpaired) electrons. The standard InChI is InChI=1S/C22H32N4O2/c1-6-26-17(4)20(16(3)25-26)15(2)23-21(27)22(13-7-8-14-22)24-18-9-11-19(28-5)12-10-18/h9-12,15,24H,6-8,13-14H2,1-5H3,(H,23,27). The Bertz CT molecular complexity index is 820. The first-order chi connectivity index (χ1) is 13.4. The molecule has 6 heteroatoms. The molecule has 1 saturated carbocycles. The summed E-state index contributed by atoms with van der Waals surface area (Å²) in [7, 11) is 1.65. The molecule has 1 aliphatic carbocycles. The van der Waals surface area contributed by atoms with Crippen molar-refractivity contribution in [3.63, 3.8) is 0 Å². The minimum atomic E-state index is -0.564. The number of nitrogens with one attached hydrogen (secondary N) is 2. The molecule has 1 amide bonds. The first kappa shape index (κ1) is 20.2. The van der Waals surface area contributed by atoms with Gasteiger partial charge in [-0.15, -0.1) is 0 Å². The average Bonchev–Trinajstić information content (AvgIpc) is 3.27. The van der Waals surface area contributed by atoms with Crippen molar-refractivity contribution in [3.05, 3.63) is 41.2 Å². The second-order valence-electron chi connectivity index (χ2n) is 7.74. The molecule has 0 aliphatic heterocycles. The maximum absolute atomic E-state index is 13.4. The maximum atomic E-state index is 13.4. The molecule has 0 bridgehead atoms. The summed E-state index contributed by atoms with van der Waals surface area (Å²) in [5, 5.41) is 11.4. The molecule has 1 heterocycles. The Balaban J connectivity index is 1.78. The summed E-state index contributed by atoms with van der Waals surface area (Å²) in [5.74, 6) is 0.874. The van der Waals surface area contributed by atoms with Gasteiger partial charge in [-0.1, -0.05) is 12.8 Å². The number of aromatic nitrogens is 2. The van der Waals surface area contributed by atoms with Gasteiger partial charge in [0.15, 0.2) is 0 Å². The summed E-state index contributed by atoms with van der Waals surface area (Å²) in [6, 6.07) is 7.68. The smallest absolute Gasteiger partial charge is 0.246 e. The van der Waals surface area contributed by atoms with Crippen molar-refractivity contribution in [2.75, 3.05) is 12.4 Å². The molecule has 1 aromatic carbocycles. The Kier molecular flexibility index (Phi) is 5.96. The van der Waals surface area contributed by atoms with E-state index in [1.165, 1.54) is 0 Å². The Morgan fingerprint density at radius 1 is 1.25 bits per heavy atom. The molecule has 1 unspecified atom stereocenters. The number of rotatable bonds is 7. The third-order valence-electron chi connectivity index (χ3n) is 5.88. The van der Waals surface area contributed by atoms with Crippen LogP contribution in [0.1, 0.15) is 62.5 Å². The number of carbonyl (C=O) groups excluding carboxylic acids is 1. The fourth-order valence-electron chi connectivity index (χ4n) is 4.39. The van der Waals surface area contributed by atoms with Crippen LogP contribution in [-0.4, -0.2) is 28.3 Å². The summed E-state index contributed by atoms with van der Waals surface area (Å²) in [6.45, 7) is 9.04. The number of hydrogen-bond donors (Lipinski definition) is 2. The fourth-order valence-corrected chi connectivity index (χ4v) is 4.39. The molecule has 6 nitrogen and oxygen atoms in total. The second-order valence-corrected chi connectivity index (χ2v) is 7.74. The summed E-state index contributed by atoms with van der Waals surface area (Å²) < 4.78 is 7.23. The zero-order valence-corrected chi connectivity index (χ0v) is 17.6. The van der Waals surface area contributed by atoms with E-state index < -0.39 is 5.54 Å². The number of ether oxygens (including phenoxy) is 1. The van der Waals surface area contributed by atoms with E-state index in [9.17, 15) is 4.79 Å². The highest BCUT2D eigenvalue weighted by atomic mass is 16.5. The first-order valence-electron chi connectivity index (χ1n) is 10.2. The lowest BCUT2D eigenvalue weighted by molar-refractivity contribution is -0.126. The highest BCUT2D eigenvalue weighted by Crippen LogP contribution is 2.35. The van der Waals surface area contributed by atoms with Crippen LogP contribution >= 0.6 is 0 Å². The van der Waals surface area contributed by atoms with Gasteiger partial charge in [0.05, 0.1) is 18.8 Å². The van der Waals surface area contributed by atoms with Crippen LogP contribution < -0.4 is 15.4 Å². The number of hydrogen-bond acceptors (Lipinski definition) is 4. The molecule has 3 rings (SSSR count). The number of nitrogens with zero attached hydrogens (tertiary/aromatic N) is 2. The fraction of sp³-hybridized carbons (Fsp3) is 0.545. The van der Waals surface area contributed by atoms with Crippen molar-refractivity contribution < 1.29 is 9.53 Å². The molecule has 1 aliphatic rings. The van der Waals surface area contributed by atoms with Crippen molar-refractivity contribution in [2.45, 2.75) is 71.5 Å². The molecule has 0 saturated heterocycles. The predicted molar refractivity (Wildman–Crippen MR) is 112 cm³/mol. The van der Waals surface area contributed by atoms with Crippen molar-refractivity contribution >= 4 is 11.6 Å². The van der Waals surface area contributed by atoms with Crippen LogP contribution in [0.5, 0.6) is 5.75 Å². The van der Waals surface area contributed by atoms with Gasteiger partial charge in [-0.2, -0.15) is 5.10 Å². The van der Waals surface area contributed by atoms with E-state index in [1.807, 2.05) is 42.8 Å². The topological polar surface area (TPSA) is 68.2 Å². The third-order valence-corrected chi connectivity index (χ3v) is 5.88. The highest BCUT2D eigenvalue weighted by molar-refractivity contribution is 5.90. The Labute approximate surface area is 167 Å². The minimum absolute atomic E-state index is 0.0661. The van der Waals surface area contributed by atoms with Gasteiger partial charge >= 0.3 is 0 Å². The summed E-state index contributed by atoms with van der Waals surface area (Å²) in [4.78, 5) is 13.4. The molecule has 28 heavy (non-hydrogen) atoms. The van der Waals surface area contributed by atoms with E-state index in [-0.39, 0.29) is 11.9 Å². The van der Waals surface area contributed by atoms with Gasteiger partial charge < -0.3 is 15.4 Å². The van der Waals surface area contributed by atoms with Gasteiger partial charge in [0.25, 0.3) is 0 Å². The van der Waals surface area contributed by atoms with Gasteiger partial charge in [-0.25, -0.2) is 0 Å². The van der Waals surface area contributed by atoms with Crippen molar-refractivity contribution in [1.82, 2.24) is 15.1 Å². The normalized spacial score (nSPS) is 16.6. The van der Waals surface area contributed by atoms with Crippen LogP contribution in [0.2, 0.25) is 0 Å². The van der Waals surface area contributed by atoms with Gasteiger partial charge in [0.2, 0.25) is 5.91 Å². The van der Waals surface area contributed by atoms with Crippen molar-refractivity contribution in [2.24, 2.45) is 0 Å². The zero-order valence-electron chi connectivity index (χ0n) is 17.6. The number of methoxy groups -OCH3 is 1. The van der Waals surface area contributed by atoms with Crippen LogP contribution in [0.15, 0.2) is 24.3 Å². The number of amides is 1. The van der Waals surface area contributed by atoms with E-state index in [2.05, 4.69) is 29.6 Å². The average molecular weight is 385 g/mol. The molecular formula is C22H32N4O2. The number of anilines is 1. The van der Waals surface area contributed by atoms with Crippen LogP contribution in [-0.2, 0) is 11.3 Å². The number of aryl methyl sites for hydroxylation is 2. The van der Waals surface area contributed by atoms with Crippen molar-refractivity contribution in [3.8, 4) is 5.75 Å². The zero-order chi connectivity index (χ0) is 20.3. The quantitative estimate of drug-likeness (QED) is 0.753. The summed E-state index contributed by atoms with van der Waals surface area (Å²) in [6.07, 6.45) is 3.78. The van der Waals surface area contributed by atoms with E-state index in [1.54, 1.807) is 7.11 Å². The molecule has 0 spiro atoms. The molecular weight excluding hydrogens is 352 g/mol. The van der Waals surface area contributed by atoms with Crippen LogP contribution in [0.4, 0.5) is 5.69 Å². The lowest BCUT2D eigenvalue weighted by atomic mass is 9.94. The van der Waals surface area contributed by atoms with Gasteiger partial charge in [0.1, 0.15) is 11.3 Å². The third kappa shape index (κ3) is 3.86. The van der Waals surface area contributed by atoms with Crippen LogP contribution in [0, 0.1) is 13.8 Å². The van der Waals surface area contributed by atoms with Gasteiger partial charge in [0, 0.05) is 23.5 Å². The predicted octanol–water partition coefficient (Wildman–Crippen LogP) is 4.13. The molecule has 1 fully saturated rings. The van der Waals surface area contributed by atoms with Crippen molar-refractivity contribution in [1.29, 1.82) is 0 Å². The second kappa shape index (κ2) is 8.25. The Morgan fingerprint density at radius 3 is 2.43 bits per heavy atom. The summed E-state index contributed by atoms with van der Waals surface area (Å²) >= 11 is 0. The lowest BCUT2D eigenvalue weighted by Gasteiger charge is -2.32. The largest absolute Gasteiger partial charge is 0.497 e. The Morgan fingerprint density at radius 2 is 1.89 bits per heavy atom. The lowest BCUT2D eigenvalue weighted by Crippen LogP contribution is -2.51.